The molecule has 0 aliphatic carbocycles. The summed E-state index contributed by atoms with van der Waals surface area (Å²) in [6.45, 7) is 9.89. The molecular formula is C15H15BIN3. The molecule has 0 saturated carbocycles. The predicted molar refractivity (Wildman–Crippen MR) is 95.2 cm³/mol. The lowest BCUT2D eigenvalue weighted by Gasteiger charge is -2.04. The maximum absolute atomic E-state index is 5.80. The Labute approximate surface area is 133 Å². The van der Waals surface area contributed by atoms with Crippen molar-refractivity contribution in [1.29, 1.82) is 0 Å². The van der Waals surface area contributed by atoms with Crippen molar-refractivity contribution in [3.05, 3.63) is 45.5 Å². The van der Waals surface area contributed by atoms with Crippen molar-refractivity contribution in [1.82, 2.24) is 9.97 Å². The summed E-state index contributed by atoms with van der Waals surface area (Å²) in [6.07, 6.45) is 3.56. The van der Waals surface area contributed by atoms with Gasteiger partial charge in [-0.3, -0.25) is 4.99 Å². The van der Waals surface area contributed by atoms with Crippen LogP contribution in [0.4, 0.5) is 0 Å². The quantitative estimate of drug-likeness (QED) is 0.380. The zero-order chi connectivity index (χ0) is 14.9. The topological polar surface area (TPSA) is 41.0 Å². The fourth-order valence-corrected chi connectivity index (χ4v) is 2.11. The van der Waals surface area contributed by atoms with Crippen LogP contribution >= 0.6 is 22.6 Å². The summed E-state index contributed by atoms with van der Waals surface area (Å²) in [6, 6.07) is 1.91. The van der Waals surface area contributed by atoms with Gasteiger partial charge in [-0.2, -0.15) is 0 Å². The number of aromatic amines is 1. The lowest BCUT2D eigenvalue weighted by molar-refractivity contribution is 1.27. The third-order valence-corrected chi connectivity index (χ3v) is 4.67. The van der Waals surface area contributed by atoms with Crippen molar-refractivity contribution in [2.24, 2.45) is 4.99 Å². The Morgan fingerprint density at radius 3 is 2.75 bits per heavy atom. The maximum atomic E-state index is 5.80. The Kier molecular flexibility index (Phi) is 4.47. The van der Waals surface area contributed by atoms with Crippen molar-refractivity contribution < 1.29 is 0 Å². The van der Waals surface area contributed by atoms with Gasteiger partial charge in [0, 0.05) is 32.6 Å². The van der Waals surface area contributed by atoms with E-state index in [0.29, 0.717) is 5.46 Å². The minimum Gasteiger partial charge on any atom is -0.345 e. The molecule has 0 atom stereocenters. The van der Waals surface area contributed by atoms with Gasteiger partial charge < -0.3 is 4.98 Å². The summed E-state index contributed by atoms with van der Waals surface area (Å²) in [5.41, 5.74) is 5.39. The zero-order valence-corrected chi connectivity index (χ0v) is 13.9. The molecule has 2 aromatic heterocycles. The molecule has 0 spiro atoms. The third-order valence-electron chi connectivity index (χ3n) is 2.97. The van der Waals surface area contributed by atoms with E-state index in [-0.39, 0.29) is 0 Å². The minimum absolute atomic E-state index is 0.648. The van der Waals surface area contributed by atoms with Gasteiger partial charge in [0.2, 0.25) is 0 Å². The van der Waals surface area contributed by atoms with Crippen LogP contribution in [0.25, 0.3) is 11.0 Å². The van der Waals surface area contributed by atoms with Gasteiger partial charge in [-0.15, -0.1) is 0 Å². The van der Waals surface area contributed by atoms with Crippen LogP contribution in [0.15, 0.2) is 44.9 Å². The first-order valence-corrected chi connectivity index (χ1v) is 7.28. The smallest absolute Gasteiger partial charge is 0.137 e. The SMILES string of the molecule is [B]c1cnc2[nH]cc(C(C)=N/C(C)=C(/I)C(=C)C)c2c1. The molecule has 100 valence electrons. The largest absolute Gasteiger partial charge is 0.345 e. The van der Waals surface area contributed by atoms with E-state index in [1.165, 1.54) is 0 Å². The molecule has 0 bridgehead atoms. The second-order valence-electron chi connectivity index (χ2n) is 4.74. The number of hydrogen-bond donors (Lipinski definition) is 1. The van der Waals surface area contributed by atoms with Gasteiger partial charge in [-0.1, -0.05) is 18.1 Å². The van der Waals surface area contributed by atoms with Crippen LogP contribution in [0, 0.1) is 0 Å². The average Bonchev–Trinajstić information content (AvgIpc) is 2.80. The predicted octanol–water partition coefficient (Wildman–Crippen LogP) is 3.41. The molecule has 0 aliphatic rings. The van der Waals surface area contributed by atoms with Crippen LogP contribution in [-0.4, -0.2) is 23.5 Å². The number of halogens is 1. The Balaban J connectivity index is 2.51. The number of hydrogen-bond acceptors (Lipinski definition) is 2. The first kappa shape index (κ1) is 15.0. The molecule has 3 nitrogen and oxygen atoms in total. The van der Waals surface area contributed by atoms with Crippen molar-refractivity contribution in [2.75, 3.05) is 0 Å². The van der Waals surface area contributed by atoms with Crippen LogP contribution in [0.1, 0.15) is 26.3 Å². The standard InChI is InChI=1S/C15H15BIN3/c1-8(2)14(17)10(4)20-9(3)13-7-19-15-12(13)5-11(16)6-18-15/h5-7H,1H2,2-4H3,(H,18,19)/b14-10+,20-9?. The Morgan fingerprint density at radius 2 is 2.10 bits per heavy atom. The van der Waals surface area contributed by atoms with Gasteiger partial charge in [0.1, 0.15) is 13.5 Å². The number of nitrogens with one attached hydrogen (secondary N) is 1. The summed E-state index contributed by atoms with van der Waals surface area (Å²) in [4.78, 5) is 12.1. The van der Waals surface area contributed by atoms with Gasteiger partial charge >= 0.3 is 0 Å². The van der Waals surface area contributed by atoms with Crippen molar-refractivity contribution >= 4 is 52.6 Å². The Hall–Kier alpha value is -1.37. The van der Waals surface area contributed by atoms with E-state index in [9.17, 15) is 0 Å². The number of aliphatic imine (C=N–C) groups is 1. The molecule has 0 fully saturated rings. The van der Waals surface area contributed by atoms with Crippen molar-refractivity contribution in [3.8, 4) is 0 Å². The van der Waals surface area contributed by atoms with Crippen molar-refractivity contribution in [3.63, 3.8) is 0 Å². The first-order chi connectivity index (χ1) is 9.40. The number of aromatic nitrogens is 2. The lowest BCUT2D eigenvalue weighted by atomic mass is 9.97. The fraction of sp³-hybridized carbons (Fsp3) is 0.200. The molecule has 2 heterocycles. The highest BCUT2D eigenvalue weighted by Crippen LogP contribution is 2.23. The summed E-state index contributed by atoms with van der Waals surface area (Å²) < 4.78 is 1.08. The van der Waals surface area contributed by atoms with Crippen LogP contribution in [-0.2, 0) is 0 Å². The Morgan fingerprint density at radius 1 is 1.40 bits per heavy atom. The number of nitrogens with zero attached hydrogens (tertiary/aromatic N) is 2. The zero-order valence-electron chi connectivity index (χ0n) is 11.8. The van der Waals surface area contributed by atoms with Crippen LogP contribution < -0.4 is 5.46 Å². The molecule has 0 aromatic carbocycles. The summed E-state index contributed by atoms with van der Waals surface area (Å²) in [7, 11) is 5.80. The van der Waals surface area contributed by atoms with E-state index >= 15 is 0 Å². The molecule has 2 aromatic rings. The molecule has 2 radical (unpaired) electrons. The van der Waals surface area contributed by atoms with Crippen LogP contribution in [0.5, 0.6) is 0 Å². The minimum atomic E-state index is 0.648. The van der Waals surface area contributed by atoms with E-state index in [2.05, 4.69) is 44.1 Å². The molecule has 0 aliphatic heterocycles. The van der Waals surface area contributed by atoms with Gasteiger partial charge in [-0.25, -0.2) is 4.98 Å². The van der Waals surface area contributed by atoms with E-state index in [4.69, 9.17) is 7.85 Å². The number of fused-ring (bicyclic) bond motifs is 1. The van der Waals surface area contributed by atoms with Crippen LogP contribution in [0.3, 0.4) is 0 Å². The highest BCUT2D eigenvalue weighted by molar-refractivity contribution is 14.1. The molecule has 2 rings (SSSR count). The lowest BCUT2D eigenvalue weighted by Crippen LogP contribution is -2.03. The van der Waals surface area contributed by atoms with E-state index in [1.54, 1.807) is 6.20 Å². The molecule has 0 amide bonds. The molecule has 1 N–H and O–H groups in total. The summed E-state index contributed by atoms with van der Waals surface area (Å²) >= 11 is 2.26. The van der Waals surface area contributed by atoms with E-state index < -0.39 is 0 Å². The fourth-order valence-electron chi connectivity index (χ4n) is 1.99. The molecule has 0 unspecified atom stereocenters. The number of allylic oxidation sites excluding steroid dienone is 3. The average molecular weight is 375 g/mol. The number of pyridine rings is 1. The first-order valence-electron chi connectivity index (χ1n) is 6.20. The third kappa shape index (κ3) is 3.03. The summed E-state index contributed by atoms with van der Waals surface area (Å²) in [5.74, 6) is 0. The normalized spacial score (nSPS) is 13.5. The number of rotatable bonds is 3. The van der Waals surface area contributed by atoms with E-state index in [0.717, 1.165) is 37.2 Å². The van der Waals surface area contributed by atoms with Gasteiger partial charge in [0.15, 0.2) is 0 Å². The van der Waals surface area contributed by atoms with Gasteiger partial charge in [0.25, 0.3) is 0 Å². The Bertz CT molecular complexity index is 741. The molecular weight excluding hydrogens is 360 g/mol. The van der Waals surface area contributed by atoms with Gasteiger partial charge in [0.05, 0.1) is 5.70 Å². The highest BCUT2D eigenvalue weighted by Gasteiger charge is 2.08. The number of H-pyrrole nitrogens is 1. The highest BCUT2D eigenvalue weighted by atomic mass is 127. The second kappa shape index (κ2) is 5.95. The molecule has 0 saturated heterocycles. The van der Waals surface area contributed by atoms with Crippen molar-refractivity contribution in [2.45, 2.75) is 20.8 Å². The van der Waals surface area contributed by atoms with Crippen LogP contribution in [0.2, 0.25) is 0 Å². The van der Waals surface area contributed by atoms with Gasteiger partial charge in [-0.05, 0) is 48.9 Å². The summed E-state index contributed by atoms with van der Waals surface area (Å²) in [5, 5.41) is 0.990. The molecule has 5 heteroatoms. The monoisotopic (exact) mass is 375 g/mol. The second-order valence-corrected chi connectivity index (χ2v) is 5.82. The molecule has 20 heavy (non-hydrogen) atoms. The van der Waals surface area contributed by atoms with E-state index in [1.807, 2.05) is 33.0 Å². The maximum Gasteiger partial charge on any atom is 0.137 e.